The number of likely N-dealkylation sites (tertiary alicyclic amines) is 1. The van der Waals surface area contributed by atoms with Crippen LogP contribution >= 0.6 is 34.5 Å². The molecule has 32 heavy (non-hydrogen) atoms. The maximum absolute atomic E-state index is 13.4. The number of hydrogen-bond donors (Lipinski definition) is 0. The lowest BCUT2D eigenvalue weighted by atomic mass is 10.1. The number of amides is 1. The Bertz CT molecular complexity index is 1140. The molecule has 0 saturated carbocycles. The van der Waals surface area contributed by atoms with Crippen LogP contribution in [0.2, 0.25) is 10.0 Å². The summed E-state index contributed by atoms with van der Waals surface area (Å²) in [5.74, 6) is -0.00749. The number of allylic oxidation sites excluding steroid dienone is 1. The van der Waals surface area contributed by atoms with Crippen LogP contribution in [0.1, 0.15) is 60.0 Å². The topological polar surface area (TPSA) is 38.1 Å². The van der Waals surface area contributed by atoms with Gasteiger partial charge in [0.25, 0.3) is 5.91 Å². The van der Waals surface area contributed by atoms with Gasteiger partial charge < -0.3 is 4.90 Å². The maximum atomic E-state index is 13.4. The van der Waals surface area contributed by atoms with E-state index in [0.29, 0.717) is 21.4 Å². The number of thiophene rings is 1. The molecule has 0 aliphatic carbocycles. The lowest BCUT2D eigenvalue weighted by Crippen LogP contribution is -2.36. The van der Waals surface area contributed by atoms with Crippen LogP contribution in [0.4, 0.5) is 0 Å². The van der Waals surface area contributed by atoms with Gasteiger partial charge in [-0.15, -0.1) is 11.3 Å². The van der Waals surface area contributed by atoms with Gasteiger partial charge in [0.2, 0.25) is 0 Å². The van der Waals surface area contributed by atoms with Crippen molar-refractivity contribution >= 4 is 46.5 Å². The van der Waals surface area contributed by atoms with E-state index in [1.807, 2.05) is 17.9 Å². The third-order valence-corrected chi connectivity index (χ3v) is 7.30. The van der Waals surface area contributed by atoms with Crippen molar-refractivity contribution in [2.24, 2.45) is 0 Å². The summed E-state index contributed by atoms with van der Waals surface area (Å²) < 4.78 is 1.80. The molecular formula is C25H27Cl2N3OS. The second-order valence-corrected chi connectivity index (χ2v) is 10.0. The van der Waals surface area contributed by atoms with Crippen LogP contribution in [-0.2, 0) is 0 Å². The number of aromatic nitrogens is 2. The Morgan fingerprint density at radius 2 is 1.94 bits per heavy atom. The van der Waals surface area contributed by atoms with Gasteiger partial charge in [-0.2, -0.15) is 5.10 Å². The van der Waals surface area contributed by atoms with E-state index < -0.39 is 0 Å². The summed E-state index contributed by atoms with van der Waals surface area (Å²) in [6, 6.07) is 9.56. The molecule has 0 N–H and O–H groups in total. The molecule has 1 aliphatic heterocycles. The van der Waals surface area contributed by atoms with Crippen LogP contribution in [0.3, 0.4) is 0 Å². The van der Waals surface area contributed by atoms with Crippen molar-refractivity contribution < 1.29 is 4.79 Å². The highest BCUT2D eigenvalue weighted by Crippen LogP contribution is 2.37. The summed E-state index contributed by atoms with van der Waals surface area (Å²) in [7, 11) is 0. The van der Waals surface area contributed by atoms with Crippen LogP contribution in [0.5, 0.6) is 0 Å². The fraction of sp³-hybridized carbons (Fsp3) is 0.360. The summed E-state index contributed by atoms with van der Waals surface area (Å²) in [4.78, 5) is 17.5. The number of piperidine rings is 1. The molecule has 2 aromatic heterocycles. The number of carbonyl (C=O) groups excluding carboxylic acids is 1. The lowest BCUT2D eigenvalue weighted by Gasteiger charge is -2.26. The number of nitrogens with zero attached hydrogens (tertiary/aromatic N) is 3. The van der Waals surface area contributed by atoms with Crippen molar-refractivity contribution in [2.45, 2.75) is 46.0 Å². The normalized spacial score (nSPS) is 14.4. The maximum Gasteiger partial charge on any atom is 0.274 e. The van der Waals surface area contributed by atoms with E-state index in [4.69, 9.17) is 28.3 Å². The van der Waals surface area contributed by atoms with Gasteiger partial charge in [-0.25, -0.2) is 4.68 Å². The molecule has 3 aromatic rings. The molecule has 3 heterocycles. The van der Waals surface area contributed by atoms with Crippen molar-refractivity contribution in [3.05, 3.63) is 62.6 Å². The molecule has 0 radical (unpaired) electrons. The van der Waals surface area contributed by atoms with Crippen molar-refractivity contribution in [3.63, 3.8) is 0 Å². The van der Waals surface area contributed by atoms with E-state index in [2.05, 4.69) is 31.2 Å². The number of halogens is 2. The molecule has 1 saturated heterocycles. The minimum absolute atomic E-state index is 0.00749. The van der Waals surface area contributed by atoms with E-state index >= 15 is 0 Å². The fourth-order valence-corrected chi connectivity index (χ4v) is 5.51. The highest BCUT2D eigenvalue weighted by Gasteiger charge is 2.27. The first-order chi connectivity index (χ1) is 15.5. The Morgan fingerprint density at radius 1 is 1.16 bits per heavy atom. The van der Waals surface area contributed by atoms with Gasteiger partial charge in [-0.1, -0.05) is 42.6 Å². The molecule has 1 aliphatic rings. The van der Waals surface area contributed by atoms with Crippen molar-refractivity contribution in [3.8, 4) is 16.3 Å². The Balaban J connectivity index is 1.81. The van der Waals surface area contributed by atoms with Crippen molar-refractivity contribution in [1.82, 2.24) is 14.7 Å². The van der Waals surface area contributed by atoms with E-state index in [1.165, 1.54) is 11.3 Å². The SMILES string of the molecule is CCCC=Cc1ccc(-c2c(C)c(C(=O)N3CCCCC3)nn2-c2ccc(Cl)cc2Cl)s1. The Kier molecular flexibility index (Phi) is 7.39. The zero-order valence-electron chi connectivity index (χ0n) is 18.4. The predicted octanol–water partition coefficient (Wildman–Crippen LogP) is 7.66. The minimum Gasteiger partial charge on any atom is -0.337 e. The lowest BCUT2D eigenvalue weighted by molar-refractivity contribution is 0.0717. The molecule has 0 spiro atoms. The highest BCUT2D eigenvalue weighted by molar-refractivity contribution is 7.16. The molecule has 1 aromatic carbocycles. The van der Waals surface area contributed by atoms with Gasteiger partial charge in [0, 0.05) is 28.6 Å². The van der Waals surface area contributed by atoms with Gasteiger partial charge in [0.15, 0.2) is 5.69 Å². The quantitative estimate of drug-likeness (QED) is 0.357. The van der Waals surface area contributed by atoms with Gasteiger partial charge in [0.1, 0.15) is 0 Å². The Morgan fingerprint density at radius 3 is 2.66 bits per heavy atom. The highest BCUT2D eigenvalue weighted by atomic mass is 35.5. The molecular weight excluding hydrogens is 461 g/mol. The molecule has 1 fully saturated rings. The minimum atomic E-state index is -0.00749. The van der Waals surface area contributed by atoms with Crippen LogP contribution in [0.25, 0.3) is 22.3 Å². The molecule has 7 heteroatoms. The summed E-state index contributed by atoms with van der Waals surface area (Å²) in [6.45, 7) is 5.72. The Labute approximate surface area is 203 Å². The van der Waals surface area contributed by atoms with Crippen LogP contribution in [0.15, 0.2) is 36.4 Å². The van der Waals surface area contributed by atoms with Crippen molar-refractivity contribution in [2.75, 3.05) is 13.1 Å². The summed E-state index contributed by atoms with van der Waals surface area (Å²) >= 11 is 14.4. The molecule has 0 bridgehead atoms. The standard InChI is InChI=1S/C25H27Cl2N3OS/c1-3-4-6-9-19-11-13-22(32-19)24-17(2)23(25(31)29-14-7-5-8-15-29)28-30(24)21-12-10-18(26)16-20(21)27/h6,9-13,16H,3-5,7-8,14-15H2,1-2H3. The van der Waals surface area contributed by atoms with E-state index in [0.717, 1.165) is 54.9 Å². The average molecular weight is 488 g/mol. The van der Waals surface area contributed by atoms with Gasteiger partial charge >= 0.3 is 0 Å². The fourth-order valence-electron chi connectivity index (χ4n) is 4.00. The number of hydrogen-bond acceptors (Lipinski definition) is 3. The average Bonchev–Trinajstić information content (AvgIpc) is 3.38. The van der Waals surface area contributed by atoms with E-state index in [1.54, 1.807) is 28.2 Å². The molecule has 4 nitrogen and oxygen atoms in total. The number of unbranched alkanes of at least 4 members (excludes halogenated alkanes) is 1. The third-order valence-electron chi connectivity index (χ3n) is 5.70. The van der Waals surface area contributed by atoms with Crippen LogP contribution in [0, 0.1) is 6.92 Å². The summed E-state index contributed by atoms with van der Waals surface area (Å²) in [6.07, 6.45) is 9.78. The molecule has 0 unspecified atom stereocenters. The second-order valence-electron chi connectivity index (χ2n) is 8.08. The number of benzene rings is 1. The second kappa shape index (κ2) is 10.2. The van der Waals surface area contributed by atoms with E-state index in [-0.39, 0.29) is 5.91 Å². The zero-order valence-corrected chi connectivity index (χ0v) is 20.7. The largest absolute Gasteiger partial charge is 0.337 e. The summed E-state index contributed by atoms with van der Waals surface area (Å²) in [5, 5.41) is 5.85. The predicted molar refractivity (Wildman–Crippen MR) is 135 cm³/mol. The third kappa shape index (κ3) is 4.80. The smallest absolute Gasteiger partial charge is 0.274 e. The molecule has 0 atom stereocenters. The Hall–Kier alpha value is -2.08. The first-order valence-electron chi connectivity index (χ1n) is 11.1. The molecule has 4 rings (SSSR count). The molecule has 1 amide bonds. The van der Waals surface area contributed by atoms with Crippen LogP contribution in [-0.4, -0.2) is 33.7 Å². The van der Waals surface area contributed by atoms with Gasteiger partial charge in [-0.3, -0.25) is 4.79 Å². The number of rotatable bonds is 6. The van der Waals surface area contributed by atoms with Crippen molar-refractivity contribution in [1.29, 1.82) is 0 Å². The number of carbonyl (C=O) groups is 1. The first-order valence-corrected chi connectivity index (χ1v) is 12.7. The van der Waals surface area contributed by atoms with Gasteiger partial charge in [-0.05, 0) is 69.0 Å². The molecule has 168 valence electrons. The van der Waals surface area contributed by atoms with Crippen LogP contribution < -0.4 is 0 Å². The summed E-state index contributed by atoms with van der Waals surface area (Å²) in [5.41, 5.74) is 2.97. The monoisotopic (exact) mass is 487 g/mol. The van der Waals surface area contributed by atoms with Gasteiger partial charge in [0.05, 0.1) is 21.3 Å². The zero-order chi connectivity index (χ0) is 22.7. The van der Waals surface area contributed by atoms with E-state index in [9.17, 15) is 4.79 Å². The first kappa shape index (κ1) is 23.1.